The molecule has 1 aromatic rings. The van der Waals surface area contributed by atoms with Crippen molar-refractivity contribution < 1.29 is 31.5 Å². The average Bonchev–Trinajstić information content (AvgIpc) is 2.60. The Bertz CT molecular complexity index is 795. The maximum absolute atomic E-state index is 13.8. The zero-order valence-corrected chi connectivity index (χ0v) is 16.9. The van der Waals surface area contributed by atoms with Crippen LogP contribution in [0.4, 0.5) is 31.5 Å². The lowest BCUT2D eigenvalue weighted by molar-refractivity contribution is -0.154. The molecule has 172 valence electrons. The van der Waals surface area contributed by atoms with Crippen molar-refractivity contribution in [2.24, 2.45) is 0 Å². The minimum absolute atomic E-state index is 0.186. The molecule has 2 heterocycles. The number of alkyl halides is 5. The average molecular weight is 449 g/mol. The van der Waals surface area contributed by atoms with E-state index in [-0.39, 0.29) is 24.6 Å². The van der Waals surface area contributed by atoms with Gasteiger partial charge in [0.1, 0.15) is 0 Å². The van der Waals surface area contributed by atoms with Crippen LogP contribution < -0.4 is 16.0 Å². The Kier molecular flexibility index (Phi) is 6.70. The predicted octanol–water partition coefficient (Wildman–Crippen LogP) is 2.97. The second kappa shape index (κ2) is 8.95. The quantitative estimate of drug-likeness (QED) is 0.560. The SMILES string of the molecule is CC(C)N1C(=O)NC(N[C@H](c2cccc(C3CN(CC(F)(F)F)C3)c2)C(F)F)NC1=O. The third-order valence-corrected chi connectivity index (χ3v) is 5.19. The van der Waals surface area contributed by atoms with E-state index in [4.69, 9.17) is 0 Å². The number of carbonyl (C=O) groups is 2. The molecule has 7 nitrogen and oxygen atoms in total. The van der Waals surface area contributed by atoms with E-state index in [1.54, 1.807) is 26.0 Å². The number of rotatable bonds is 7. The minimum atomic E-state index is -4.28. The molecule has 1 atom stereocenters. The van der Waals surface area contributed by atoms with Gasteiger partial charge in [-0.1, -0.05) is 24.3 Å². The van der Waals surface area contributed by atoms with Crippen molar-refractivity contribution in [3.05, 3.63) is 35.4 Å². The topological polar surface area (TPSA) is 76.7 Å². The largest absolute Gasteiger partial charge is 0.401 e. The molecule has 2 saturated heterocycles. The van der Waals surface area contributed by atoms with E-state index in [9.17, 15) is 31.5 Å². The number of hydrogen-bond acceptors (Lipinski definition) is 4. The summed E-state index contributed by atoms with van der Waals surface area (Å²) in [5.74, 6) is -0.186. The number of likely N-dealkylation sites (tertiary alicyclic amines) is 1. The van der Waals surface area contributed by atoms with E-state index in [1.165, 1.54) is 17.0 Å². The molecule has 2 fully saturated rings. The fraction of sp³-hybridized carbons (Fsp3) is 0.579. The van der Waals surface area contributed by atoms with Crippen LogP contribution >= 0.6 is 0 Å². The molecule has 0 saturated carbocycles. The number of imide groups is 1. The van der Waals surface area contributed by atoms with Gasteiger partial charge in [-0.2, -0.15) is 13.2 Å². The van der Waals surface area contributed by atoms with E-state index >= 15 is 0 Å². The third-order valence-electron chi connectivity index (χ3n) is 5.19. The maximum atomic E-state index is 13.8. The molecule has 0 unspecified atom stereocenters. The first-order chi connectivity index (χ1) is 14.4. The summed E-state index contributed by atoms with van der Waals surface area (Å²) >= 11 is 0. The number of halogens is 5. The Hall–Kier alpha value is -2.47. The van der Waals surface area contributed by atoms with Crippen LogP contribution in [0.1, 0.15) is 36.9 Å². The summed E-state index contributed by atoms with van der Waals surface area (Å²) in [5, 5.41) is 7.37. The molecule has 0 radical (unpaired) electrons. The number of nitrogens with one attached hydrogen (secondary N) is 3. The Morgan fingerprint density at radius 1 is 1.13 bits per heavy atom. The fourth-order valence-electron chi connectivity index (χ4n) is 3.73. The highest BCUT2D eigenvalue weighted by atomic mass is 19.4. The highest BCUT2D eigenvalue weighted by molar-refractivity contribution is 5.96. The number of hydrogen-bond donors (Lipinski definition) is 3. The standard InChI is InChI=1S/C19H24F5N5O2/c1-10(2)29-17(30)26-16(27-18(29)31)25-14(15(20)21)12-5-3-4-11(6-12)13-7-28(8-13)9-19(22,23)24/h3-6,10,13-16,25H,7-9H2,1-2H3,(H,26,30)(H,27,31)/t14-/m1/s1. The summed E-state index contributed by atoms with van der Waals surface area (Å²) in [6.07, 6.45) is -8.35. The summed E-state index contributed by atoms with van der Waals surface area (Å²) in [4.78, 5) is 26.4. The zero-order valence-electron chi connectivity index (χ0n) is 16.9. The van der Waals surface area contributed by atoms with Gasteiger partial charge in [0.2, 0.25) is 0 Å². The van der Waals surface area contributed by atoms with E-state index in [1.807, 2.05) is 0 Å². The molecular weight excluding hydrogens is 425 g/mol. The van der Waals surface area contributed by atoms with Gasteiger partial charge in [-0.3, -0.25) is 10.2 Å². The lowest BCUT2D eigenvalue weighted by atomic mass is 9.89. The third kappa shape index (κ3) is 5.62. The van der Waals surface area contributed by atoms with Crippen LogP contribution in [0.3, 0.4) is 0 Å². The van der Waals surface area contributed by atoms with Crippen LogP contribution in [-0.4, -0.2) is 66.4 Å². The molecular formula is C19H24F5N5O2. The van der Waals surface area contributed by atoms with Gasteiger partial charge in [0.05, 0.1) is 12.6 Å². The van der Waals surface area contributed by atoms with Crippen LogP contribution in [0.25, 0.3) is 0 Å². The molecule has 1 aromatic carbocycles. The van der Waals surface area contributed by atoms with Crippen molar-refractivity contribution in [3.63, 3.8) is 0 Å². The van der Waals surface area contributed by atoms with Crippen molar-refractivity contribution in [1.29, 1.82) is 0 Å². The fourth-order valence-corrected chi connectivity index (χ4v) is 3.73. The second-order valence-electron chi connectivity index (χ2n) is 7.95. The molecule has 12 heteroatoms. The second-order valence-corrected chi connectivity index (χ2v) is 7.95. The predicted molar refractivity (Wildman–Crippen MR) is 101 cm³/mol. The molecule has 0 aliphatic carbocycles. The van der Waals surface area contributed by atoms with E-state index in [0.717, 1.165) is 4.90 Å². The van der Waals surface area contributed by atoms with Crippen molar-refractivity contribution in [1.82, 2.24) is 25.8 Å². The Morgan fingerprint density at radius 3 is 2.26 bits per heavy atom. The first-order valence-electron chi connectivity index (χ1n) is 9.78. The van der Waals surface area contributed by atoms with Gasteiger partial charge >= 0.3 is 18.2 Å². The van der Waals surface area contributed by atoms with Gasteiger partial charge in [-0.05, 0) is 25.0 Å². The van der Waals surface area contributed by atoms with Gasteiger partial charge in [-0.25, -0.2) is 23.3 Å². The van der Waals surface area contributed by atoms with Crippen LogP contribution in [0.15, 0.2) is 24.3 Å². The van der Waals surface area contributed by atoms with Crippen LogP contribution in [-0.2, 0) is 0 Å². The van der Waals surface area contributed by atoms with Crippen molar-refractivity contribution in [2.75, 3.05) is 19.6 Å². The number of amides is 4. The molecule has 2 aliphatic heterocycles. The monoisotopic (exact) mass is 449 g/mol. The molecule has 0 spiro atoms. The van der Waals surface area contributed by atoms with Crippen molar-refractivity contribution in [2.45, 2.75) is 50.7 Å². The van der Waals surface area contributed by atoms with Gasteiger partial charge in [-0.15, -0.1) is 0 Å². The maximum Gasteiger partial charge on any atom is 0.401 e. The summed E-state index contributed by atoms with van der Waals surface area (Å²) in [5.41, 5.74) is 0.864. The number of nitrogens with zero attached hydrogens (tertiary/aromatic N) is 2. The molecule has 3 rings (SSSR count). The lowest BCUT2D eigenvalue weighted by Gasteiger charge is -2.40. The number of carbonyl (C=O) groups excluding carboxylic acids is 2. The molecule has 3 N–H and O–H groups in total. The Balaban J connectivity index is 1.67. The van der Waals surface area contributed by atoms with Crippen LogP contribution in [0, 0.1) is 0 Å². The molecule has 0 bridgehead atoms. The molecule has 4 amide bonds. The molecule has 2 aliphatic rings. The van der Waals surface area contributed by atoms with Crippen molar-refractivity contribution >= 4 is 12.1 Å². The summed E-state index contributed by atoms with van der Waals surface area (Å²) in [7, 11) is 0. The first-order valence-corrected chi connectivity index (χ1v) is 9.78. The van der Waals surface area contributed by atoms with Crippen molar-refractivity contribution in [3.8, 4) is 0 Å². The van der Waals surface area contributed by atoms with E-state index < -0.39 is 49.6 Å². The normalized spacial score (nSPS) is 20.1. The summed E-state index contributed by atoms with van der Waals surface area (Å²) in [6, 6.07) is 2.89. The number of urea groups is 2. The van der Waals surface area contributed by atoms with Gasteiger partial charge in [0.15, 0.2) is 6.29 Å². The molecule has 0 aromatic heterocycles. The van der Waals surface area contributed by atoms with E-state index in [0.29, 0.717) is 5.56 Å². The molecule has 31 heavy (non-hydrogen) atoms. The Morgan fingerprint density at radius 2 is 1.74 bits per heavy atom. The summed E-state index contributed by atoms with van der Waals surface area (Å²) in [6.45, 7) is 2.65. The highest BCUT2D eigenvalue weighted by Crippen LogP contribution is 2.32. The summed E-state index contributed by atoms with van der Waals surface area (Å²) < 4.78 is 65.0. The lowest BCUT2D eigenvalue weighted by Crippen LogP contribution is -2.69. The number of benzene rings is 1. The van der Waals surface area contributed by atoms with Gasteiger partial charge in [0.25, 0.3) is 6.43 Å². The van der Waals surface area contributed by atoms with Crippen LogP contribution in [0.5, 0.6) is 0 Å². The zero-order chi connectivity index (χ0) is 22.9. The smallest absolute Gasteiger partial charge is 0.304 e. The van der Waals surface area contributed by atoms with E-state index in [2.05, 4.69) is 16.0 Å². The first kappa shape index (κ1) is 23.2. The minimum Gasteiger partial charge on any atom is -0.304 e. The van der Waals surface area contributed by atoms with Gasteiger partial charge in [0, 0.05) is 25.0 Å². The Labute approximate surface area is 175 Å². The van der Waals surface area contributed by atoms with Crippen LogP contribution in [0.2, 0.25) is 0 Å². The highest BCUT2D eigenvalue weighted by Gasteiger charge is 2.38. The van der Waals surface area contributed by atoms with Gasteiger partial charge < -0.3 is 10.6 Å².